The normalized spacial score (nSPS) is 17.3. The lowest BCUT2D eigenvalue weighted by Crippen LogP contribution is -2.58. The maximum absolute atomic E-state index is 13.0. The Balaban J connectivity index is 1.82. The monoisotopic (exact) mass is 352 g/mol. The molecule has 0 radical (unpaired) electrons. The highest BCUT2D eigenvalue weighted by Crippen LogP contribution is 2.26. The molecule has 136 valence electrons. The second kappa shape index (κ2) is 7.60. The molecular formula is C21H24N2O3. The summed E-state index contributed by atoms with van der Waals surface area (Å²) in [5, 5.41) is 0. The Hall–Kier alpha value is -2.82. The molecule has 1 fully saturated rings. The van der Waals surface area contributed by atoms with Crippen LogP contribution in [0.15, 0.2) is 48.5 Å². The Morgan fingerprint density at radius 2 is 1.92 bits per heavy atom. The van der Waals surface area contributed by atoms with Crippen LogP contribution >= 0.6 is 0 Å². The van der Waals surface area contributed by atoms with Crippen molar-refractivity contribution >= 4 is 17.5 Å². The molecule has 0 unspecified atom stereocenters. The van der Waals surface area contributed by atoms with E-state index in [0.717, 1.165) is 17.7 Å². The summed E-state index contributed by atoms with van der Waals surface area (Å²) in [5.74, 6) is 0.437. The third-order valence-corrected chi connectivity index (χ3v) is 4.90. The zero-order valence-corrected chi connectivity index (χ0v) is 15.4. The molecule has 5 nitrogen and oxygen atoms in total. The molecule has 1 aliphatic rings. The molecule has 2 amide bonds. The first-order valence-electron chi connectivity index (χ1n) is 8.91. The lowest BCUT2D eigenvalue weighted by atomic mass is 10.1. The van der Waals surface area contributed by atoms with Crippen LogP contribution < -0.4 is 9.64 Å². The molecule has 1 heterocycles. The van der Waals surface area contributed by atoms with Gasteiger partial charge in [-0.3, -0.25) is 9.59 Å². The number of methoxy groups -OCH3 is 1. The van der Waals surface area contributed by atoms with Crippen molar-refractivity contribution in [3.8, 4) is 5.75 Å². The van der Waals surface area contributed by atoms with Gasteiger partial charge in [0.05, 0.1) is 7.11 Å². The maximum atomic E-state index is 13.0. The van der Waals surface area contributed by atoms with Gasteiger partial charge in [-0.15, -0.1) is 0 Å². The number of amides is 2. The van der Waals surface area contributed by atoms with Crippen LogP contribution in [0.1, 0.15) is 29.8 Å². The van der Waals surface area contributed by atoms with Crippen molar-refractivity contribution in [3.05, 3.63) is 59.7 Å². The van der Waals surface area contributed by atoms with E-state index in [4.69, 9.17) is 4.74 Å². The second-order valence-corrected chi connectivity index (χ2v) is 6.38. The number of hydrogen-bond acceptors (Lipinski definition) is 3. The van der Waals surface area contributed by atoms with Gasteiger partial charge in [0, 0.05) is 24.3 Å². The molecular weight excluding hydrogens is 328 g/mol. The van der Waals surface area contributed by atoms with Gasteiger partial charge < -0.3 is 14.5 Å². The molecule has 26 heavy (non-hydrogen) atoms. The third-order valence-electron chi connectivity index (χ3n) is 4.90. The fourth-order valence-electron chi connectivity index (χ4n) is 3.38. The van der Waals surface area contributed by atoms with Crippen molar-refractivity contribution in [1.82, 2.24) is 4.90 Å². The molecule has 0 spiro atoms. The number of para-hydroxylation sites is 1. The van der Waals surface area contributed by atoms with Crippen LogP contribution in [0.25, 0.3) is 0 Å². The first-order valence-corrected chi connectivity index (χ1v) is 8.91. The summed E-state index contributed by atoms with van der Waals surface area (Å²) in [6.45, 7) is 4.87. The second-order valence-electron chi connectivity index (χ2n) is 6.38. The predicted molar refractivity (Wildman–Crippen MR) is 102 cm³/mol. The van der Waals surface area contributed by atoms with E-state index in [1.807, 2.05) is 24.3 Å². The number of hydrogen-bond donors (Lipinski definition) is 0. The highest BCUT2D eigenvalue weighted by molar-refractivity contribution is 6.03. The van der Waals surface area contributed by atoms with Crippen molar-refractivity contribution in [1.29, 1.82) is 0 Å². The molecule has 2 aromatic carbocycles. The van der Waals surface area contributed by atoms with Crippen LogP contribution in [-0.2, 0) is 11.2 Å². The van der Waals surface area contributed by atoms with E-state index >= 15 is 0 Å². The Morgan fingerprint density at radius 1 is 1.15 bits per heavy atom. The highest BCUT2D eigenvalue weighted by atomic mass is 16.5. The number of carbonyl (C=O) groups is 2. The summed E-state index contributed by atoms with van der Waals surface area (Å²) in [5.41, 5.74) is 2.62. The van der Waals surface area contributed by atoms with Crippen LogP contribution in [0.2, 0.25) is 0 Å². The topological polar surface area (TPSA) is 49.9 Å². The molecule has 5 heteroatoms. The van der Waals surface area contributed by atoms with E-state index in [9.17, 15) is 9.59 Å². The average molecular weight is 352 g/mol. The van der Waals surface area contributed by atoms with Crippen LogP contribution in [0.4, 0.5) is 5.69 Å². The van der Waals surface area contributed by atoms with Crippen molar-refractivity contribution in [2.45, 2.75) is 26.3 Å². The van der Waals surface area contributed by atoms with E-state index in [1.54, 1.807) is 48.1 Å². The van der Waals surface area contributed by atoms with Gasteiger partial charge in [-0.05, 0) is 43.2 Å². The minimum absolute atomic E-state index is 0.0478. The van der Waals surface area contributed by atoms with Gasteiger partial charge in [-0.2, -0.15) is 0 Å². The zero-order chi connectivity index (χ0) is 18.7. The van der Waals surface area contributed by atoms with Crippen LogP contribution in [0.3, 0.4) is 0 Å². The van der Waals surface area contributed by atoms with E-state index < -0.39 is 6.04 Å². The van der Waals surface area contributed by atoms with Gasteiger partial charge in [-0.25, -0.2) is 0 Å². The lowest BCUT2D eigenvalue weighted by Gasteiger charge is -2.39. The third kappa shape index (κ3) is 3.29. The fraction of sp³-hybridized carbons (Fsp3) is 0.333. The smallest absolute Gasteiger partial charge is 0.254 e. The van der Waals surface area contributed by atoms with Gasteiger partial charge in [0.15, 0.2) is 0 Å². The molecule has 0 aromatic heterocycles. The lowest BCUT2D eigenvalue weighted by molar-refractivity contribution is -0.124. The van der Waals surface area contributed by atoms with E-state index in [0.29, 0.717) is 24.4 Å². The van der Waals surface area contributed by atoms with E-state index in [-0.39, 0.29) is 11.8 Å². The summed E-state index contributed by atoms with van der Waals surface area (Å²) in [4.78, 5) is 29.3. The number of benzene rings is 2. The molecule has 0 aliphatic carbocycles. The predicted octanol–water partition coefficient (Wildman–Crippen LogP) is 3.14. The number of aryl methyl sites for hydroxylation is 1. The highest BCUT2D eigenvalue weighted by Gasteiger charge is 2.35. The molecule has 0 N–H and O–H groups in total. The maximum Gasteiger partial charge on any atom is 0.254 e. The van der Waals surface area contributed by atoms with Crippen molar-refractivity contribution in [2.24, 2.45) is 0 Å². The van der Waals surface area contributed by atoms with Gasteiger partial charge in [-0.1, -0.05) is 31.2 Å². The first-order chi connectivity index (χ1) is 12.6. The molecule has 2 aromatic rings. The van der Waals surface area contributed by atoms with Crippen molar-refractivity contribution in [2.75, 3.05) is 25.1 Å². The summed E-state index contributed by atoms with van der Waals surface area (Å²) in [7, 11) is 1.57. The average Bonchev–Trinajstić information content (AvgIpc) is 2.69. The number of ether oxygens (including phenoxy) is 1. The molecule has 0 bridgehead atoms. The van der Waals surface area contributed by atoms with Crippen LogP contribution in [-0.4, -0.2) is 43.0 Å². The SMILES string of the molecule is CCc1ccccc1N1CCN(C(=O)c2cccc(OC)c2)[C@@H](C)C1=O. The van der Waals surface area contributed by atoms with Gasteiger partial charge in [0.2, 0.25) is 5.91 Å². The molecule has 0 saturated carbocycles. The number of carbonyl (C=O) groups excluding carboxylic acids is 2. The van der Waals surface area contributed by atoms with Crippen LogP contribution in [0.5, 0.6) is 5.75 Å². The molecule has 1 atom stereocenters. The van der Waals surface area contributed by atoms with Crippen molar-refractivity contribution < 1.29 is 14.3 Å². The number of piperazine rings is 1. The molecule has 1 aliphatic heterocycles. The zero-order valence-electron chi connectivity index (χ0n) is 15.4. The fourth-order valence-corrected chi connectivity index (χ4v) is 3.38. The first kappa shape index (κ1) is 18.0. The van der Waals surface area contributed by atoms with Crippen LogP contribution in [0, 0.1) is 0 Å². The summed E-state index contributed by atoms with van der Waals surface area (Å²) in [6, 6.07) is 14.5. The minimum atomic E-state index is -0.507. The van der Waals surface area contributed by atoms with E-state index in [2.05, 4.69) is 6.92 Å². The Kier molecular flexibility index (Phi) is 5.26. The Morgan fingerprint density at radius 3 is 2.65 bits per heavy atom. The quantitative estimate of drug-likeness (QED) is 0.849. The largest absolute Gasteiger partial charge is 0.497 e. The Bertz CT molecular complexity index is 818. The van der Waals surface area contributed by atoms with E-state index in [1.165, 1.54) is 0 Å². The summed E-state index contributed by atoms with van der Waals surface area (Å²) < 4.78 is 5.19. The van der Waals surface area contributed by atoms with Crippen molar-refractivity contribution in [3.63, 3.8) is 0 Å². The molecule has 1 saturated heterocycles. The number of rotatable bonds is 4. The van der Waals surface area contributed by atoms with Gasteiger partial charge in [0.1, 0.15) is 11.8 Å². The number of nitrogens with zero attached hydrogens (tertiary/aromatic N) is 2. The summed E-state index contributed by atoms with van der Waals surface area (Å²) in [6.07, 6.45) is 0.862. The standard InChI is InChI=1S/C21H24N2O3/c1-4-16-8-5-6-11-19(16)23-13-12-22(15(2)20(23)24)21(25)17-9-7-10-18(14-17)26-3/h5-11,14-15H,4,12-13H2,1-3H3/t15-/m0/s1. The number of anilines is 1. The Labute approximate surface area is 154 Å². The minimum Gasteiger partial charge on any atom is -0.497 e. The van der Waals surface area contributed by atoms with Gasteiger partial charge >= 0.3 is 0 Å². The summed E-state index contributed by atoms with van der Waals surface area (Å²) >= 11 is 0. The van der Waals surface area contributed by atoms with Gasteiger partial charge in [0.25, 0.3) is 5.91 Å². The molecule has 3 rings (SSSR count).